The SMILES string of the molecule is CC[C@H](C)NC(=O)[C@@H](Cc1ccccc1)N(Cc1cccc(OC)c1)C(=O)CN(c1ccc(OC)c(Cl)c1)S(=O)(=O)c1ccccc1. The molecule has 0 saturated heterocycles. The maximum Gasteiger partial charge on any atom is 0.264 e. The Morgan fingerprint density at radius 3 is 2.13 bits per heavy atom. The van der Waals surface area contributed by atoms with E-state index in [2.05, 4.69) is 5.32 Å². The van der Waals surface area contributed by atoms with Gasteiger partial charge in [0.05, 0.1) is 29.8 Å². The normalized spacial score (nSPS) is 12.4. The molecule has 0 heterocycles. The van der Waals surface area contributed by atoms with Crippen LogP contribution in [0.1, 0.15) is 31.4 Å². The first kappa shape index (κ1) is 35.3. The van der Waals surface area contributed by atoms with E-state index in [0.29, 0.717) is 23.5 Å². The monoisotopic (exact) mass is 677 g/mol. The van der Waals surface area contributed by atoms with E-state index in [-0.39, 0.29) is 40.5 Å². The molecule has 0 saturated carbocycles. The van der Waals surface area contributed by atoms with Crippen LogP contribution in [-0.2, 0) is 32.6 Å². The third-order valence-corrected chi connectivity index (χ3v) is 9.88. The fraction of sp³-hybridized carbons (Fsp3) is 0.278. The lowest BCUT2D eigenvalue weighted by Gasteiger charge is -2.34. The Morgan fingerprint density at radius 2 is 1.51 bits per heavy atom. The van der Waals surface area contributed by atoms with E-state index in [1.54, 1.807) is 49.6 Å². The Morgan fingerprint density at radius 1 is 0.851 bits per heavy atom. The lowest BCUT2D eigenvalue weighted by molar-refractivity contribution is -0.140. The van der Waals surface area contributed by atoms with Crippen LogP contribution in [0.4, 0.5) is 5.69 Å². The van der Waals surface area contributed by atoms with Gasteiger partial charge in [0.15, 0.2) is 0 Å². The quantitative estimate of drug-likeness (QED) is 0.163. The van der Waals surface area contributed by atoms with Gasteiger partial charge in [-0.2, -0.15) is 0 Å². The molecule has 47 heavy (non-hydrogen) atoms. The molecule has 0 unspecified atom stereocenters. The Bertz CT molecular complexity index is 1760. The van der Waals surface area contributed by atoms with E-state index < -0.39 is 28.5 Å². The van der Waals surface area contributed by atoms with Crippen LogP contribution in [0.25, 0.3) is 0 Å². The lowest BCUT2D eigenvalue weighted by atomic mass is 10.0. The van der Waals surface area contributed by atoms with Crippen molar-refractivity contribution in [3.05, 3.63) is 119 Å². The molecule has 0 spiro atoms. The van der Waals surface area contributed by atoms with E-state index in [1.807, 2.05) is 50.2 Å². The van der Waals surface area contributed by atoms with Gasteiger partial charge in [-0.1, -0.05) is 79.2 Å². The maximum atomic E-state index is 14.6. The Labute approximate surface area is 282 Å². The van der Waals surface area contributed by atoms with E-state index in [9.17, 15) is 18.0 Å². The summed E-state index contributed by atoms with van der Waals surface area (Å²) in [7, 11) is -1.26. The number of carbonyl (C=O) groups is 2. The molecule has 9 nitrogen and oxygen atoms in total. The van der Waals surface area contributed by atoms with Crippen molar-refractivity contribution in [2.45, 2.75) is 50.2 Å². The van der Waals surface area contributed by atoms with Crippen molar-refractivity contribution in [2.24, 2.45) is 0 Å². The molecule has 2 amide bonds. The molecule has 2 atom stereocenters. The van der Waals surface area contributed by atoms with E-state index in [0.717, 1.165) is 9.87 Å². The van der Waals surface area contributed by atoms with Crippen LogP contribution in [0.2, 0.25) is 5.02 Å². The van der Waals surface area contributed by atoms with Gasteiger partial charge in [0.25, 0.3) is 10.0 Å². The number of anilines is 1. The highest BCUT2D eigenvalue weighted by Crippen LogP contribution is 2.32. The molecule has 4 rings (SSSR count). The molecule has 4 aromatic carbocycles. The summed E-state index contributed by atoms with van der Waals surface area (Å²) < 4.78 is 40.0. The van der Waals surface area contributed by atoms with Crippen molar-refractivity contribution in [3.63, 3.8) is 0 Å². The van der Waals surface area contributed by atoms with Gasteiger partial charge in [-0.3, -0.25) is 13.9 Å². The van der Waals surface area contributed by atoms with Crippen molar-refractivity contribution in [1.29, 1.82) is 0 Å². The third kappa shape index (κ3) is 9.05. The number of amides is 2. The largest absolute Gasteiger partial charge is 0.497 e. The number of sulfonamides is 1. The number of nitrogens with one attached hydrogen (secondary N) is 1. The zero-order chi connectivity index (χ0) is 34.0. The molecule has 11 heteroatoms. The lowest BCUT2D eigenvalue weighted by Crippen LogP contribution is -2.54. The van der Waals surface area contributed by atoms with Crippen molar-refractivity contribution < 1.29 is 27.5 Å². The molecule has 0 aliphatic heterocycles. The van der Waals surface area contributed by atoms with Gasteiger partial charge >= 0.3 is 0 Å². The minimum atomic E-state index is -4.26. The van der Waals surface area contributed by atoms with Crippen LogP contribution in [0.5, 0.6) is 11.5 Å². The summed E-state index contributed by atoms with van der Waals surface area (Å²) >= 11 is 6.44. The van der Waals surface area contributed by atoms with Crippen LogP contribution in [0.15, 0.2) is 108 Å². The number of hydrogen-bond acceptors (Lipinski definition) is 6. The zero-order valence-corrected chi connectivity index (χ0v) is 28.5. The van der Waals surface area contributed by atoms with Gasteiger partial charge in [-0.05, 0) is 66.9 Å². The number of nitrogens with zero attached hydrogens (tertiary/aromatic N) is 2. The van der Waals surface area contributed by atoms with Gasteiger partial charge in [0, 0.05) is 19.0 Å². The highest BCUT2D eigenvalue weighted by Gasteiger charge is 2.35. The van der Waals surface area contributed by atoms with Crippen LogP contribution in [0.3, 0.4) is 0 Å². The molecule has 0 fully saturated rings. The molecule has 0 bridgehead atoms. The number of rotatable bonds is 15. The van der Waals surface area contributed by atoms with Crippen LogP contribution in [0, 0.1) is 0 Å². The van der Waals surface area contributed by atoms with Gasteiger partial charge < -0.3 is 19.7 Å². The van der Waals surface area contributed by atoms with Crippen molar-refractivity contribution >= 4 is 39.1 Å². The van der Waals surface area contributed by atoms with E-state index >= 15 is 0 Å². The summed E-state index contributed by atoms with van der Waals surface area (Å²) in [6.45, 7) is 3.27. The first-order chi connectivity index (χ1) is 22.6. The van der Waals surface area contributed by atoms with Gasteiger partial charge in [0.1, 0.15) is 24.1 Å². The number of halogens is 1. The fourth-order valence-electron chi connectivity index (χ4n) is 5.02. The smallest absolute Gasteiger partial charge is 0.264 e. The summed E-state index contributed by atoms with van der Waals surface area (Å²) in [6.07, 6.45) is 0.896. The van der Waals surface area contributed by atoms with Crippen LogP contribution < -0.4 is 19.1 Å². The van der Waals surface area contributed by atoms with Crippen LogP contribution >= 0.6 is 11.6 Å². The fourth-order valence-corrected chi connectivity index (χ4v) is 6.70. The average Bonchev–Trinajstić information content (AvgIpc) is 3.09. The minimum Gasteiger partial charge on any atom is -0.497 e. The van der Waals surface area contributed by atoms with E-state index in [1.165, 1.54) is 36.3 Å². The number of methoxy groups -OCH3 is 2. The Balaban J connectivity index is 1.83. The van der Waals surface area contributed by atoms with Crippen LogP contribution in [-0.4, -0.2) is 58.0 Å². The first-order valence-corrected chi connectivity index (χ1v) is 17.1. The summed E-state index contributed by atoms with van der Waals surface area (Å²) in [5.74, 6) is 0.00622. The molecule has 0 aliphatic carbocycles. The molecule has 0 aliphatic rings. The van der Waals surface area contributed by atoms with Gasteiger partial charge in [0.2, 0.25) is 11.8 Å². The van der Waals surface area contributed by atoms with Crippen molar-refractivity contribution in [2.75, 3.05) is 25.1 Å². The van der Waals surface area contributed by atoms with Crippen molar-refractivity contribution in [1.82, 2.24) is 10.2 Å². The summed E-state index contributed by atoms with van der Waals surface area (Å²) in [5, 5.41) is 3.21. The molecule has 1 N–H and O–H groups in total. The maximum absolute atomic E-state index is 14.6. The first-order valence-electron chi connectivity index (χ1n) is 15.2. The predicted molar refractivity (Wildman–Crippen MR) is 184 cm³/mol. The summed E-state index contributed by atoms with van der Waals surface area (Å²) in [5.41, 5.74) is 1.71. The van der Waals surface area contributed by atoms with Crippen molar-refractivity contribution in [3.8, 4) is 11.5 Å². The highest BCUT2D eigenvalue weighted by atomic mass is 35.5. The summed E-state index contributed by atoms with van der Waals surface area (Å²) in [4.78, 5) is 30.0. The second-order valence-electron chi connectivity index (χ2n) is 11.0. The predicted octanol–water partition coefficient (Wildman–Crippen LogP) is 6.11. The Hall–Kier alpha value is -4.54. The Kier molecular flexibility index (Phi) is 12.3. The molecule has 0 radical (unpaired) electrons. The highest BCUT2D eigenvalue weighted by molar-refractivity contribution is 7.92. The second-order valence-corrected chi connectivity index (χ2v) is 13.3. The molecular weight excluding hydrogens is 638 g/mol. The minimum absolute atomic E-state index is 0.00515. The molecule has 0 aromatic heterocycles. The van der Waals surface area contributed by atoms with Gasteiger partial charge in [-0.25, -0.2) is 8.42 Å². The third-order valence-electron chi connectivity index (χ3n) is 7.79. The number of hydrogen-bond donors (Lipinski definition) is 1. The average molecular weight is 678 g/mol. The molecule has 248 valence electrons. The van der Waals surface area contributed by atoms with Gasteiger partial charge in [-0.15, -0.1) is 0 Å². The molecule has 4 aromatic rings. The number of carbonyl (C=O) groups excluding carboxylic acids is 2. The number of benzene rings is 4. The van der Waals surface area contributed by atoms with E-state index in [4.69, 9.17) is 21.1 Å². The molecular formula is C36H40ClN3O6S. The second kappa shape index (κ2) is 16.3. The zero-order valence-electron chi connectivity index (χ0n) is 26.9. The summed E-state index contributed by atoms with van der Waals surface area (Å²) in [6, 6.07) is 27.9. The standard InChI is InChI=1S/C36H40ClN3O6S/c1-5-26(2)38-36(42)33(22-27-13-8-6-9-14-27)39(24-28-15-12-16-30(21-28)45-3)35(41)25-40(29-19-20-34(46-4)32(37)23-29)47(43,44)31-17-10-7-11-18-31/h6-21,23,26,33H,5,22,24-25H2,1-4H3,(H,38,42)/t26-,33+/m0/s1. The number of ether oxygens (including phenoxy) is 2. The topological polar surface area (TPSA) is 105 Å².